The van der Waals surface area contributed by atoms with Gasteiger partial charge in [-0.3, -0.25) is 0 Å². The van der Waals surface area contributed by atoms with Gasteiger partial charge in [-0.15, -0.1) is 0 Å². The van der Waals surface area contributed by atoms with Crippen LogP contribution in [0.4, 0.5) is 18.0 Å². The summed E-state index contributed by atoms with van der Waals surface area (Å²) in [5, 5.41) is 3.27. The first-order chi connectivity index (χ1) is 11.3. The van der Waals surface area contributed by atoms with Gasteiger partial charge >= 0.3 is 18.2 Å². The van der Waals surface area contributed by atoms with Crippen LogP contribution in [0.1, 0.15) is 5.89 Å². The van der Waals surface area contributed by atoms with E-state index in [4.69, 9.17) is 9.47 Å². The fourth-order valence-corrected chi connectivity index (χ4v) is 1.63. The van der Waals surface area contributed by atoms with E-state index in [0.717, 1.165) is 0 Å². The molecule has 1 amide bonds. The van der Waals surface area contributed by atoms with Gasteiger partial charge in [-0.2, -0.15) is 18.2 Å². The Labute approximate surface area is 135 Å². The summed E-state index contributed by atoms with van der Waals surface area (Å²) in [6.07, 6.45) is -5.29. The molecule has 7 nitrogen and oxygen atoms in total. The largest absolute Gasteiger partial charge is 0.471 e. The number of hydrogen-bond acceptors (Lipinski definition) is 6. The Morgan fingerprint density at radius 1 is 1.29 bits per heavy atom. The van der Waals surface area contributed by atoms with Gasteiger partial charge in [0.15, 0.2) is 0 Å². The molecule has 0 radical (unpaired) electrons. The molecule has 0 saturated heterocycles. The van der Waals surface area contributed by atoms with Gasteiger partial charge in [0.1, 0.15) is 5.75 Å². The van der Waals surface area contributed by atoms with Crippen LogP contribution in [0, 0.1) is 0 Å². The van der Waals surface area contributed by atoms with Gasteiger partial charge in [-0.05, 0) is 24.3 Å². The standard InChI is InChI=1S/C14H14F3N3O4/c1-20(7-8-22-2)13(21)23-10-5-3-9(4-6-10)11-18-12(24-19-11)14(15,16)17/h3-6H,7-8H2,1-2H3. The normalized spacial score (nSPS) is 11.4. The molecule has 0 spiro atoms. The average Bonchev–Trinajstić information content (AvgIpc) is 3.03. The van der Waals surface area contributed by atoms with E-state index in [-0.39, 0.29) is 11.6 Å². The number of likely N-dealkylation sites (N-methyl/N-ethyl adjacent to an activating group) is 1. The maximum atomic E-state index is 12.4. The van der Waals surface area contributed by atoms with E-state index in [1.54, 1.807) is 7.05 Å². The number of alkyl halides is 3. The highest BCUT2D eigenvalue weighted by molar-refractivity contribution is 5.70. The highest BCUT2D eigenvalue weighted by Gasteiger charge is 2.38. The molecule has 0 aliphatic carbocycles. The molecule has 0 fully saturated rings. The first kappa shape index (κ1) is 17.7. The summed E-state index contributed by atoms with van der Waals surface area (Å²) < 4.78 is 51.4. The first-order valence-corrected chi connectivity index (χ1v) is 6.74. The van der Waals surface area contributed by atoms with Crippen molar-refractivity contribution >= 4 is 6.09 Å². The van der Waals surface area contributed by atoms with Gasteiger partial charge in [-0.1, -0.05) is 5.16 Å². The van der Waals surface area contributed by atoms with E-state index >= 15 is 0 Å². The van der Waals surface area contributed by atoms with Gasteiger partial charge in [0.25, 0.3) is 0 Å². The van der Waals surface area contributed by atoms with Crippen molar-refractivity contribution in [1.29, 1.82) is 0 Å². The summed E-state index contributed by atoms with van der Waals surface area (Å²) in [6, 6.07) is 5.67. The van der Waals surface area contributed by atoms with Crippen LogP contribution < -0.4 is 4.74 Å². The molecule has 0 atom stereocenters. The molecule has 10 heteroatoms. The number of hydrogen-bond donors (Lipinski definition) is 0. The molecule has 0 aliphatic rings. The third-order valence-corrected chi connectivity index (χ3v) is 2.93. The number of carbonyl (C=O) groups excluding carboxylic acids is 1. The van der Waals surface area contributed by atoms with Gasteiger partial charge in [0, 0.05) is 26.3 Å². The van der Waals surface area contributed by atoms with E-state index in [0.29, 0.717) is 18.7 Å². The maximum absolute atomic E-state index is 12.4. The van der Waals surface area contributed by atoms with E-state index in [9.17, 15) is 18.0 Å². The average molecular weight is 345 g/mol. The Morgan fingerprint density at radius 3 is 2.50 bits per heavy atom. The summed E-state index contributed by atoms with van der Waals surface area (Å²) in [4.78, 5) is 16.4. The molecule has 2 rings (SSSR count). The second kappa shape index (κ2) is 7.30. The minimum absolute atomic E-state index is 0.211. The van der Waals surface area contributed by atoms with Crippen molar-refractivity contribution in [3.05, 3.63) is 30.2 Å². The number of benzene rings is 1. The van der Waals surface area contributed by atoms with Gasteiger partial charge in [0.2, 0.25) is 5.82 Å². The first-order valence-electron chi connectivity index (χ1n) is 6.74. The van der Waals surface area contributed by atoms with Crippen molar-refractivity contribution in [3.63, 3.8) is 0 Å². The molecule has 1 heterocycles. The molecular formula is C14H14F3N3O4. The lowest BCUT2D eigenvalue weighted by molar-refractivity contribution is -0.159. The van der Waals surface area contributed by atoms with E-state index in [1.807, 2.05) is 0 Å². The number of methoxy groups -OCH3 is 1. The SMILES string of the molecule is COCCN(C)C(=O)Oc1ccc(-c2noc(C(F)(F)F)n2)cc1. The van der Waals surface area contributed by atoms with Gasteiger partial charge in [0.05, 0.1) is 6.61 Å². The Morgan fingerprint density at radius 2 is 1.96 bits per heavy atom. The van der Waals surface area contributed by atoms with Crippen LogP contribution >= 0.6 is 0 Å². The Hall–Kier alpha value is -2.62. The lowest BCUT2D eigenvalue weighted by atomic mass is 10.2. The van der Waals surface area contributed by atoms with E-state index in [2.05, 4.69) is 14.7 Å². The number of aromatic nitrogens is 2. The predicted octanol–water partition coefficient (Wildman–Crippen LogP) is 2.83. The quantitative estimate of drug-likeness (QED) is 0.829. The minimum Gasteiger partial charge on any atom is -0.410 e. The van der Waals surface area contributed by atoms with Crippen LogP contribution in [0.15, 0.2) is 28.8 Å². The molecule has 24 heavy (non-hydrogen) atoms. The number of amides is 1. The molecule has 0 saturated carbocycles. The lowest BCUT2D eigenvalue weighted by Gasteiger charge is -2.16. The van der Waals surface area contributed by atoms with Gasteiger partial charge in [-0.25, -0.2) is 4.79 Å². The molecule has 1 aromatic heterocycles. The van der Waals surface area contributed by atoms with Gasteiger partial charge < -0.3 is 18.9 Å². The summed E-state index contributed by atoms with van der Waals surface area (Å²) >= 11 is 0. The third kappa shape index (κ3) is 4.44. The number of rotatable bonds is 5. The zero-order valence-corrected chi connectivity index (χ0v) is 12.8. The molecule has 0 unspecified atom stereocenters. The Balaban J connectivity index is 2.03. The maximum Gasteiger partial charge on any atom is 0.471 e. The number of halogens is 3. The zero-order valence-electron chi connectivity index (χ0n) is 12.8. The lowest BCUT2D eigenvalue weighted by Crippen LogP contribution is -2.32. The molecule has 130 valence electrons. The Bertz CT molecular complexity index is 685. The van der Waals surface area contributed by atoms with Crippen LogP contribution in [0.3, 0.4) is 0 Å². The molecule has 1 aromatic carbocycles. The topological polar surface area (TPSA) is 77.7 Å². The van der Waals surface area contributed by atoms with Crippen molar-refractivity contribution in [2.24, 2.45) is 0 Å². The number of carbonyl (C=O) groups is 1. The highest BCUT2D eigenvalue weighted by atomic mass is 19.4. The van der Waals surface area contributed by atoms with Crippen molar-refractivity contribution in [1.82, 2.24) is 15.0 Å². The van der Waals surface area contributed by atoms with Crippen LogP contribution in [-0.2, 0) is 10.9 Å². The highest BCUT2D eigenvalue weighted by Crippen LogP contribution is 2.29. The molecule has 0 bridgehead atoms. The third-order valence-electron chi connectivity index (χ3n) is 2.93. The van der Waals surface area contributed by atoms with Crippen LogP contribution in [0.5, 0.6) is 5.75 Å². The fraction of sp³-hybridized carbons (Fsp3) is 0.357. The second-order valence-electron chi connectivity index (χ2n) is 4.73. The Kier molecular flexibility index (Phi) is 5.39. The van der Waals surface area contributed by atoms with E-state index < -0.39 is 18.2 Å². The molecule has 2 aromatic rings. The predicted molar refractivity (Wildman–Crippen MR) is 75.3 cm³/mol. The summed E-state index contributed by atoms with van der Waals surface area (Å²) in [7, 11) is 3.06. The zero-order chi connectivity index (χ0) is 17.7. The monoisotopic (exact) mass is 345 g/mol. The molecular weight excluding hydrogens is 331 g/mol. The summed E-state index contributed by atoms with van der Waals surface area (Å²) in [5.41, 5.74) is 0.293. The fourth-order valence-electron chi connectivity index (χ4n) is 1.63. The number of nitrogens with zero attached hydrogens (tertiary/aromatic N) is 3. The smallest absolute Gasteiger partial charge is 0.410 e. The summed E-state index contributed by atoms with van der Waals surface area (Å²) in [6.45, 7) is 0.723. The molecule has 0 N–H and O–H groups in total. The van der Waals surface area contributed by atoms with Crippen molar-refractivity contribution in [3.8, 4) is 17.1 Å². The van der Waals surface area contributed by atoms with Crippen LogP contribution in [0.2, 0.25) is 0 Å². The minimum atomic E-state index is -4.70. The summed E-state index contributed by atoms with van der Waals surface area (Å²) in [5.74, 6) is -1.40. The van der Waals surface area contributed by atoms with Crippen LogP contribution in [-0.4, -0.2) is 48.4 Å². The molecule has 0 aliphatic heterocycles. The number of ether oxygens (including phenoxy) is 2. The van der Waals surface area contributed by atoms with Crippen molar-refractivity contribution < 1.29 is 32.0 Å². The van der Waals surface area contributed by atoms with Crippen molar-refractivity contribution in [2.75, 3.05) is 27.3 Å². The van der Waals surface area contributed by atoms with Crippen molar-refractivity contribution in [2.45, 2.75) is 6.18 Å². The van der Waals surface area contributed by atoms with E-state index in [1.165, 1.54) is 36.3 Å². The van der Waals surface area contributed by atoms with Crippen LogP contribution in [0.25, 0.3) is 11.4 Å². The second-order valence-corrected chi connectivity index (χ2v) is 4.73.